The number of hydrogen-bond donors (Lipinski definition) is 0. The van der Waals surface area contributed by atoms with Crippen molar-refractivity contribution in [1.29, 1.82) is 0 Å². The van der Waals surface area contributed by atoms with Crippen LogP contribution in [0.4, 0.5) is 0 Å². The number of hydrogen-bond acceptors (Lipinski definition) is 6. The summed E-state index contributed by atoms with van der Waals surface area (Å²) in [6, 6.07) is 5.36. The van der Waals surface area contributed by atoms with Gasteiger partial charge in [0.15, 0.2) is 17.2 Å². The lowest BCUT2D eigenvalue weighted by molar-refractivity contribution is 0.0519. The van der Waals surface area contributed by atoms with E-state index in [0.717, 1.165) is 0 Å². The largest absolute Gasteiger partial charge is 0.490 e. The van der Waals surface area contributed by atoms with Gasteiger partial charge >= 0.3 is 5.97 Å². The smallest absolute Gasteiger partial charge is 0.360 e. The van der Waals surface area contributed by atoms with E-state index in [1.807, 2.05) is 13.8 Å². The average Bonchev–Trinajstić information content (AvgIpc) is 3.00. The summed E-state index contributed by atoms with van der Waals surface area (Å²) in [5, 5.41) is 0. The third-order valence-corrected chi connectivity index (χ3v) is 2.78. The van der Waals surface area contributed by atoms with Gasteiger partial charge in [-0.05, 0) is 39.0 Å². The van der Waals surface area contributed by atoms with E-state index in [0.29, 0.717) is 42.8 Å². The molecule has 0 spiro atoms. The highest BCUT2D eigenvalue weighted by molar-refractivity contribution is 5.87. The monoisotopic (exact) mass is 305 g/mol. The number of esters is 1. The molecule has 0 saturated carbocycles. The molecule has 0 unspecified atom stereocenters. The van der Waals surface area contributed by atoms with Crippen molar-refractivity contribution in [3.05, 3.63) is 30.2 Å². The van der Waals surface area contributed by atoms with E-state index in [9.17, 15) is 4.79 Å². The molecule has 0 atom stereocenters. The quantitative estimate of drug-likeness (QED) is 0.731. The highest BCUT2D eigenvalue weighted by Gasteiger charge is 2.16. The van der Waals surface area contributed by atoms with Gasteiger partial charge in [0.05, 0.1) is 19.8 Å². The predicted octanol–water partition coefficient (Wildman–Crippen LogP) is 3.32. The molecule has 6 heteroatoms. The second-order valence-electron chi connectivity index (χ2n) is 4.29. The molecule has 6 nitrogen and oxygen atoms in total. The molecule has 0 bridgehead atoms. The first-order valence-electron chi connectivity index (χ1n) is 7.22. The second-order valence-corrected chi connectivity index (χ2v) is 4.29. The minimum Gasteiger partial charge on any atom is -0.490 e. The maximum atomic E-state index is 11.6. The number of aromatic nitrogens is 1. The first-order chi connectivity index (χ1) is 10.7. The van der Waals surface area contributed by atoms with Gasteiger partial charge in [0, 0.05) is 5.56 Å². The van der Waals surface area contributed by atoms with Crippen LogP contribution >= 0.6 is 0 Å². The van der Waals surface area contributed by atoms with Crippen LogP contribution in [0.15, 0.2) is 28.9 Å². The summed E-state index contributed by atoms with van der Waals surface area (Å²) in [5.74, 6) is 1.09. The molecule has 0 aliphatic carbocycles. The van der Waals surface area contributed by atoms with Gasteiger partial charge < -0.3 is 18.6 Å². The summed E-state index contributed by atoms with van der Waals surface area (Å²) >= 11 is 0. The van der Waals surface area contributed by atoms with E-state index < -0.39 is 5.97 Å². The van der Waals surface area contributed by atoms with Crippen LogP contribution in [0, 0.1) is 0 Å². The van der Waals surface area contributed by atoms with Crippen LogP contribution in [0.2, 0.25) is 0 Å². The van der Waals surface area contributed by atoms with Gasteiger partial charge in [0.2, 0.25) is 5.89 Å². The van der Waals surface area contributed by atoms with Gasteiger partial charge in [-0.3, -0.25) is 0 Å². The van der Waals surface area contributed by atoms with Crippen molar-refractivity contribution >= 4 is 5.97 Å². The van der Waals surface area contributed by atoms with Crippen LogP contribution in [0.25, 0.3) is 11.5 Å². The second kappa shape index (κ2) is 7.49. The van der Waals surface area contributed by atoms with E-state index in [4.69, 9.17) is 18.6 Å². The number of carbonyl (C=O) groups excluding carboxylic acids is 1. The highest BCUT2D eigenvalue weighted by atomic mass is 16.5. The third kappa shape index (κ3) is 3.58. The normalized spacial score (nSPS) is 10.3. The lowest BCUT2D eigenvalue weighted by Crippen LogP contribution is -2.04. The Morgan fingerprint density at radius 2 is 1.82 bits per heavy atom. The summed E-state index contributed by atoms with van der Waals surface area (Å²) < 4.78 is 21.3. The van der Waals surface area contributed by atoms with E-state index >= 15 is 0 Å². The van der Waals surface area contributed by atoms with Crippen LogP contribution in [-0.2, 0) is 4.74 Å². The molecule has 1 aromatic heterocycles. The van der Waals surface area contributed by atoms with Gasteiger partial charge in [-0.25, -0.2) is 9.78 Å². The molecule has 0 N–H and O–H groups in total. The number of oxazole rings is 1. The van der Waals surface area contributed by atoms with Crippen LogP contribution in [0.1, 0.15) is 31.3 Å². The summed E-state index contributed by atoms with van der Waals surface area (Å²) in [7, 11) is 0. The zero-order valence-electron chi connectivity index (χ0n) is 12.9. The summed E-state index contributed by atoms with van der Waals surface area (Å²) in [5.41, 5.74) is 0.839. The zero-order valence-corrected chi connectivity index (χ0v) is 12.9. The van der Waals surface area contributed by atoms with Gasteiger partial charge in [-0.15, -0.1) is 0 Å². The molecule has 1 heterocycles. The minimum atomic E-state index is -0.506. The van der Waals surface area contributed by atoms with Crippen molar-refractivity contribution in [3.8, 4) is 23.0 Å². The standard InChI is InChI=1S/C16H19NO5/c1-4-19-13-8-7-11(9-14(13)20-5-2)15-17-12(10-22-15)16(18)21-6-3/h7-10H,4-6H2,1-3H3. The molecule has 0 saturated heterocycles. The number of rotatable bonds is 7. The van der Waals surface area contributed by atoms with Gasteiger partial charge in [-0.2, -0.15) is 0 Å². The molecule has 2 aromatic rings. The molecule has 118 valence electrons. The lowest BCUT2D eigenvalue weighted by atomic mass is 10.2. The predicted molar refractivity (Wildman–Crippen MR) is 80.2 cm³/mol. The maximum Gasteiger partial charge on any atom is 0.360 e. The Kier molecular flexibility index (Phi) is 5.41. The van der Waals surface area contributed by atoms with Crippen LogP contribution in [0.5, 0.6) is 11.5 Å². The lowest BCUT2D eigenvalue weighted by Gasteiger charge is -2.11. The molecule has 0 aliphatic heterocycles. The van der Waals surface area contributed by atoms with Gasteiger partial charge in [0.1, 0.15) is 6.26 Å². The van der Waals surface area contributed by atoms with Crippen LogP contribution in [-0.4, -0.2) is 30.8 Å². The van der Waals surface area contributed by atoms with Crippen molar-refractivity contribution in [3.63, 3.8) is 0 Å². The first kappa shape index (κ1) is 15.9. The van der Waals surface area contributed by atoms with Crippen LogP contribution in [0.3, 0.4) is 0 Å². The summed E-state index contributed by atoms with van der Waals surface area (Å²) in [6.07, 6.45) is 1.28. The van der Waals surface area contributed by atoms with Crippen molar-refractivity contribution in [1.82, 2.24) is 4.98 Å². The Morgan fingerprint density at radius 3 is 2.50 bits per heavy atom. The molecule has 22 heavy (non-hydrogen) atoms. The average molecular weight is 305 g/mol. The van der Waals surface area contributed by atoms with E-state index in [2.05, 4.69) is 4.98 Å². The molecule has 0 fully saturated rings. The molecule has 0 radical (unpaired) electrons. The topological polar surface area (TPSA) is 70.8 Å². The van der Waals surface area contributed by atoms with E-state index in [1.165, 1.54) is 6.26 Å². The molecule has 0 aliphatic rings. The van der Waals surface area contributed by atoms with E-state index in [1.54, 1.807) is 25.1 Å². The number of carbonyl (C=O) groups is 1. The van der Waals surface area contributed by atoms with Crippen molar-refractivity contribution in [2.24, 2.45) is 0 Å². The fraction of sp³-hybridized carbons (Fsp3) is 0.375. The Morgan fingerprint density at radius 1 is 1.09 bits per heavy atom. The fourth-order valence-corrected chi connectivity index (χ4v) is 1.89. The molecular formula is C16H19NO5. The third-order valence-electron chi connectivity index (χ3n) is 2.78. The fourth-order valence-electron chi connectivity index (χ4n) is 1.89. The molecule has 1 aromatic carbocycles. The van der Waals surface area contributed by atoms with Gasteiger partial charge in [0.25, 0.3) is 0 Å². The Hall–Kier alpha value is -2.50. The van der Waals surface area contributed by atoms with Crippen LogP contribution < -0.4 is 9.47 Å². The number of nitrogens with zero attached hydrogens (tertiary/aromatic N) is 1. The summed E-state index contributed by atoms with van der Waals surface area (Å²) in [6.45, 7) is 6.89. The van der Waals surface area contributed by atoms with Crippen molar-refractivity contribution in [2.75, 3.05) is 19.8 Å². The van der Waals surface area contributed by atoms with Crippen molar-refractivity contribution < 1.29 is 23.4 Å². The zero-order chi connectivity index (χ0) is 15.9. The summed E-state index contributed by atoms with van der Waals surface area (Å²) in [4.78, 5) is 15.7. The molecule has 0 amide bonds. The van der Waals surface area contributed by atoms with Crippen molar-refractivity contribution in [2.45, 2.75) is 20.8 Å². The first-order valence-corrected chi connectivity index (χ1v) is 7.22. The minimum absolute atomic E-state index is 0.142. The SMILES string of the molecule is CCOC(=O)c1coc(-c2ccc(OCC)c(OCC)c2)n1. The number of benzene rings is 1. The Labute approximate surface area is 129 Å². The Balaban J connectivity index is 2.28. The number of ether oxygens (including phenoxy) is 3. The van der Waals surface area contributed by atoms with Gasteiger partial charge in [-0.1, -0.05) is 0 Å². The highest BCUT2D eigenvalue weighted by Crippen LogP contribution is 2.32. The molecular weight excluding hydrogens is 286 g/mol. The Bertz CT molecular complexity index is 635. The van der Waals surface area contributed by atoms with E-state index in [-0.39, 0.29) is 5.69 Å². The molecule has 2 rings (SSSR count). The maximum absolute atomic E-state index is 11.6.